The summed E-state index contributed by atoms with van der Waals surface area (Å²) in [5.74, 6) is 2.13. The molecule has 0 saturated carbocycles. The normalized spacial score (nSPS) is 10.5. The molecule has 0 fully saturated rings. The summed E-state index contributed by atoms with van der Waals surface area (Å²) >= 11 is 0. The first-order chi connectivity index (χ1) is 14.6. The van der Waals surface area contributed by atoms with E-state index in [0.29, 0.717) is 12.2 Å². The summed E-state index contributed by atoms with van der Waals surface area (Å²) in [4.78, 5) is 14.8. The molecule has 6 heteroatoms. The monoisotopic (exact) mass is 408 g/mol. The number of benzene rings is 2. The number of carbonyl (C=O) groups excluding carboxylic acids is 1. The van der Waals surface area contributed by atoms with Gasteiger partial charge in [0.1, 0.15) is 17.3 Å². The van der Waals surface area contributed by atoms with Gasteiger partial charge in [-0.1, -0.05) is 0 Å². The minimum Gasteiger partial charge on any atom is -0.497 e. The van der Waals surface area contributed by atoms with Crippen LogP contribution in [-0.4, -0.2) is 33.2 Å². The van der Waals surface area contributed by atoms with Crippen LogP contribution in [0.15, 0.2) is 59.0 Å². The van der Waals surface area contributed by atoms with Gasteiger partial charge in [-0.2, -0.15) is 0 Å². The van der Waals surface area contributed by atoms with E-state index in [9.17, 15) is 4.79 Å². The van der Waals surface area contributed by atoms with E-state index in [1.165, 1.54) is 0 Å². The number of rotatable bonds is 9. The molecule has 1 N–H and O–H groups in total. The van der Waals surface area contributed by atoms with E-state index >= 15 is 0 Å². The molecule has 0 unspecified atom stereocenters. The van der Waals surface area contributed by atoms with Crippen molar-refractivity contribution in [3.05, 3.63) is 71.7 Å². The average molecular weight is 408 g/mol. The van der Waals surface area contributed by atoms with E-state index in [1.807, 2.05) is 42.5 Å². The highest BCUT2D eigenvalue weighted by Gasteiger charge is 2.14. The SMILES string of the molecule is CCN(CC)c1ccc(NC(=O)c2ccc(Cc3cc(OC)ccc3OC)o2)cc1. The van der Waals surface area contributed by atoms with Crippen molar-refractivity contribution in [2.75, 3.05) is 37.5 Å². The van der Waals surface area contributed by atoms with Gasteiger partial charge in [-0.3, -0.25) is 4.79 Å². The first-order valence-corrected chi connectivity index (χ1v) is 10.0. The van der Waals surface area contributed by atoms with Gasteiger partial charge in [0, 0.05) is 36.4 Å². The molecule has 0 bridgehead atoms. The number of carbonyl (C=O) groups is 1. The molecule has 3 aromatic rings. The largest absolute Gasteiger partial charge is 0.497 e. The molecule has 0 atom stereocenters. The molecule has 0 aliphatic carbocycles. The van der Waals surface area contributed by atoms with Crippen LogP contribution in [0.3, 0.4) is 0 Å². The predicted octanol–water partition coefficient (Wildman–Crippen LogP) is 4.99. The summed E-state index contributed by atoms with van der Waals surface area (Å²) in [7, 11) is 3.24. The number of furan rings is 1. The van der Waals surface area contributed by atoms with Crippen molar-refractivity contribution in [3.63, 3.8) is 0 Å². The highest BCUT2D eigenvalue weighted by molar-refractivity contribution is 6.02. The van der Waals surface area contributed by atoms with Crippen molar-refractivity contribution >= 4 is 17.3 Å². The van der Waals surface area contributed by atoms with E-state index < -0.39 is 0 Å². The number of nitrogens with one attached hydrogen (secondary N) is 1. The lowest BCUT2D eigenvalue weighted by molar-refractivity contribution is 0.0995. The molecule has 30 heavy (non-hydrogen) atoms. The van der Waals surface area contributed by atoms with Crippen LogP contribution >= 0.6 is 0 Å². The summed E-state index contributed by atoms with van der Waals surface area (Å²) in [5, 5.41) is 2.88. The lowest BCUT2D eigenvalue weighted by Crippen LogP contribution is -2.21. The first kappa shape index (κ1) is 21.3. The molecule has 0 aliphatic heterocycles. The second-order valence-electron chi connectivity index (χ2n) is 6.79. The molecule has 6 nitrogen and oxygen atoms in total. The topological polar surface area (TPSA) is 63.9 Å². The van der Waals surface area contributed by atoms with Crippen molar-refractivity contribution < 1.29 is 18.7 Å². The third kappa shape index (κ3) is 4.95. The highest BCUT2D eigenvalue weighted by atomic mass is 16.5. The van der Waals surface area contributed by atoms with Crippen LogP contribution in [0.2, 0.25) is 0 Å². The fourth-order valence-corrected chi connectivity index (χ4v) is 3.34. The summed E-state index contributed by atoms with van der Waals surface area (Å²) in [6.45, 7) is 6.12. The lowest BCUT2D eigenvalue weighted by atomic mass is 10.1. The maximum atomic E-state index is 12.6. The molecular formula is C24H28N2O4. The molecule has 1 heterocycles. The zero-order valence-electron chi connectivity index (χ0n) is 17.9. The number of amides is 1. The molecule has 1 aromatic heterocycles. The summed E-state index contributed by atoms with van der Waals surface area (Å²) in [6, 6.07) is 16.9. The van der Waals surface area contributed by atoms with Gasteiger partial charge in [0.25, 0.3) is 5.91 Å². The quantitative estimate of drug-likeness (QED) is 0.541. The van der Waals surface area contributed by atoms with Gasteiger partial charge >= 0.3 is 0 Å². The molecule has 1 amide bonds. The Bertz CT molecular complexity index is 975. The Kier molecular flexibility index (Phi) is 7.01. The van der Waals surface area contributed by atoms with Gasteiger partial charge in [-0.05, 0) is 68.4 Å². The Morgan fingerprint density at radius 1 is 0.967 bits per heavy atom. The highest BCUT2D eigenvalue weighted by Crippen LogP contribution is 2.27. The van der Waals surface area contributed by atoms with Crippen LogP contribution in [0.5, 0.6) is 11.5 Å². The van der Waals surface area contributed by atoms with Crippen LogP contribution in [-0.2, 0) is 6.42 Å². The number of hydrogen-bond acceptors (Lipinski definition) is 5. The van der Waals surface area contributed by atoms with Crippen molar-refractivity contribution in [2.24, 2.45) is 0 Å². The number of anilines is 2. The fourth-order valence-electron chi connectivity index (χ4n) is 3.34. The van der Waals surface area contributed by atoms with E-state index in [0.717, 1.165) is 41.5 Å². The van der Waals surface area contributed by atoms with Gasteiger partial charge in [0.05, 0.1) is 14.2 Å². The van der Waals surface area contributed by atoms with Crippen molar-refractivity contribution in [3.8, 4) is 11.5 Å². The summed E-state index contributed by atoms with van der Waals surface area (Å²) in [6.07, 6.45) is 0.492. The van der Waals surface area contributed by atoms with E-state index in [1.54, 1.807) is 26.4 Å². The predicted molar refractivity (Wildman–Crippen MR) is 119 cm³/mol. The van der Waals surface area contributed by atoms with Crippen LogP contribution in [0.4, 0.5) is 11.4 Å². The van der Waals surface area contributed by atoms with Crippen LogP contribution in [0, 0.1) is 0 Å². The Morgan fingerprint density at radius 3 is 2.33 bits per heavy atom. The third-order valence-electron chi connectivity index (χ3n) is 4.99. The van der Waals surface area contributed by atoms with Crippen LogP contribution in [0.1, 0.15) is 35.7 Å². The number of hydrogen-bond donors (Lipinski definition) is 1. The van der Waals surface area contributed by atoms with Gasteiger partial charge in [0.2, 0.25) is 0 Å². The maximum Gasteiger partial charge on any atom is 0.291 e. The van der Waals surface area contributed by atoms with Crippen molar-refractivity contribution in [1.82, 2.24) is 0 Å². The van der Waals surface area contributed by atoms with Crippen molar-refractivity contribution in [1.29, 1.82) is 0 Å². The lowest BCUT2D eigenvalue weighted by Gasteiger charge is -2.21. The molecule has 0 saturated heterocycles. The molecule has 0 aliphatic rings. The Morgan fingerprint density at radius 2 is 1.70 bits per heavy atom. The van der Waals surface area contributed by atoms with Gasteiger partial charge in [-0.25, -0.2) is 0 Å². The third-order valence-corrected chi connectivity index (χ3v) is 4.99. The minimum absolute atomic E-state index is 0.264. The second kappa shape index (κ2) is 9.87. The zero-order valence-corrected chi connectivity index (χ0v) is 17.9. The van der Waals surface area contributed by atoms with Gasteiger partial charge in [0.15, 0.2) is 5.76 Å². The van der Waals surface area contributed by atoms with Crippen molar-refractivity contribution in [2.45, 2.75) is 20.3 Å². The maximum absolute atomic E-state index is 12.6. The van der Waals surface area contributed by atoms with E-state index in [4.69, 9.17) is 13.9 Å². The Labute approximate surface area is 177 Å². The Hall–Kier alpha value is -3.41. The molecule has 0 spiro atoms. The number of nitrogens with zero attached hydrogens (tertiary/aromatic N) is 1. The fraction of sp³-hybridized carbons (Fsp3) is 0.292. The summed E-state index contributed by atoms with van der Waals surface area (Å²) in [5.41, 5.74) is 2.78. The smallest absolute Gasteiger partial charge is 0.291 e. The average Bonchev–Trinajstić information content (AvgIpc) is 3.24. The number of ether oxygens (including phenoxy) is 2. The summed E-state index contributed by atoms with van der Waals surface area (Å²) < 4.78 is 16.5. The van der Waals surface area contributed by atoms with Crippen LogP contribution < -0.4 is 19.7 Å². The molecule has 0 radical (unpaired) electrons. The zero-order chi connectivity index (χ0) is 21.5. The number of methoxy groups -OCH3 is 2. The van der Waals surface area contributed by atoms with E-state index in [-0.39, 0.29) is 11.7 Å². The Balaban J connectivity index is 1.68. The van der Waals surface area contributed by atoms with E-state index in [2.05, 4.69) is 24.1 Å². The minimum atomic E-state index is -0.283. The van der Waals surface area contributed by atoms with Gasteiger partial charge < -0.3 is 24.1 Å². The molecule has 2 aromatic carbocycles. The first-order valence-electron chi connectivity index (χ1n) is 10.0. The van der Waals surface area contributed by atoms with Crippen LogP contribution in [0.25, 0.3) is 0 Å². The molecule has 158 valence electrons. The van der Waals surface area contributed by atoms with Gasteiger partial charge in [-0.15, -0.1) is 0 Å². The molecular weight excluding hydrogens is 380 g/mol. The molecule has 3 rings (SSSR count). The second-order valence-corrected chi connectivity index (χ2v) is 6.79. The standard InChI is InChI=1S/C24H28N2O4/c1-5-26(6-2)19-9-7-18(8-10-19)25-24(27)23-14-12-21(30-23)16-17-15-20(28-3)11-13-22(17)29-4/h7-15H,5-6,16H2,1-4H3,(H,25,27).